The molecule has 0 bridgehead atoms. The lowest BCUT2D eigenvalue weighted by atomic mass is 9.73. The zero-order valence-corrected chi connectivity index (χ0v) is 41.2. The highest BCUT2D eigenvalue weighted by Crippen LogP contribution is 2.54. The minimum atomic E-state index is -0.169. The maximum absolute atomic E-state index is 2.65. The number of hydrogen-bond donors (Lipinski definition) is 0. The first-order valence-corrected chi connectivity index (χ1v) is 25.6. The molecule has 0 spiro atoms. The zero-order valence-electron chi connectivity index (χ0n) is 41.2. The highest BCUT2D eigenvalue weighted by Gasteiger charge is 2.39. The maximum Gasteiger partial charge on any atom is 0.0566 e. The molecule has 344 valence electrons. The summed E-state index contributed by atoms with van der Waals surface area (Å²) < 4.78 is 0. The van der Waals surface area contributed by atoms with Crippen LogP contribution in [0.25, 0.3) is 77.9 Å². The molecule has 0 radical (unpaired) electrons. The molecule has 11 aromatic rings. The highest BCUT2D eigenvalue weighted by atomic mass is 15.2. The zero-order chi connectivity index (χ0) is 48.3. The quantitative estimate of drug-likeness (QED) is 0.170. The Hall–Kier alpha value is -8.46. The van der Waals surface area contributed by atoms with Crippen LogP contribution in [0.4, 0.5) is 28.4 Å². The summed E-state index contributed by atoms with van der Waals surface area (Å²) in [5, 5.41) is 9.98. The van der Waals surface area contributed by atoms with E-state index in [1.807, 2.05) is 0 Å². The second-order valence-electron chi connectivity index (χ2n) is 21.1. The van der Waals surface area contributed by atoms with Gasteiger partial charge in [0, 0.05) is 27.9 Å². The van der Waals surface area contributed by atoms with E-state index in [2.05, 4.69) is 274 Å². The molecule has 2 heteroatoms. The Morgan fingerprint density at radius 2 is 0.875 bits per heavy atom. The number of rotatable bonds is 5. The van der Waals surface area contributed by atoms with Crippen LogP contribution in [0.3, 0.4) is 0 Å². The van der Waals surface area contributed by atoms with Gasteiger partial charge in [0.25, 0.3) is 0 Å². The Labute approximate surface area is 422 Å². The van der Waals surface area contributed by atoms with E-state index in [4.69, 9.17) is 0 Å². The van der Waals surface area contributed by atoms with E-state index in [-0.39, 0.29) is 16.9 Å². The van der Waals surface area contributed by atoms with E-state index < -0.39 is 0 Å². The van der Waals surface area contributed by atoms with Crippen molar-refractivity contribution in [2.45, 2.75) is 51.0 Å². The predicted molar refractivity (Wildman–Crippen MR) is 306 cm³/mol. The fourth-order valence-electron chi connectivity index (χ4n) is 13.1. The summed E-state index contributed by atoms with van der Waals surface area (Å²) in [7, 11) is 0. The average Bonchev–Trinajstić information content (AvgIpc) is 3.42. The molecule has 1 unspecified atom stereocenters. The standard InChI is InChI=1S/C70H54N2/c1-69(2)59-29-12-16-33-63(59)71(64-34-17-13-30-60(64)69)49-38-40-54-57(43-49)67(52-28-20-26-45-23-10-11-27-51(45)52)53-39-37-50(72-65-35-18-14-31-61(65)70(3,4)62-32-15-19-36-66(62)72)44-58(53)68(54)56-42-48-25-9-8-24-47(48)41-55(56)46-21-6-5-7-22-46/h5-36,38-44,50H,37H2,1-4H3. The number of para-hydroxylation sites is 4. The summed E-state index contributed by atoms with van der Waals surface area (Å²) in [6.07, 6.45) is 6.07. The van der Waals surface area contributed by atoms with Gasteiger partial charge in [-0.3, -0.25) is 0 Å². The Bertz CT molecular complexity index is 4050. The lowest BCUT2D eigenvalue weighted by Gasteiger charge is -2.45. The molecule has 0 amide bonds. The SMILES string of the molecule is CC1(C)c2ccccc2N(c2ccc3c(-c4cc5ccccc5cc4-c4ccccc4)c4c(c(-c5cccc6ccccc56)c3c2)=CCC(N2c3ccccc3C(C)(C)c3ccccc32)C=4)c2ccccc21. The average molecular weight is 923 g/mol. The van der Waals surface area contributed by atoms with Crippen molar-refractivity contribution in [3.8, 4) is 33.4 Å². The summed E-state index contributed by atoms with van der Waals surface area (Å²) in [5.74, 6) is 0. The van der Waals surface area contributed by atoms with E-state index in [1.54, 1.807) is 0 Å². The molecule has 1 aliphatic carbocycles. The molecular formula is C70H54N2. The topological polar surface area (TPSA) is 6.48 Å². The third kappa shape index (κ3) is 6.28. The minimum Gasteiger partial charge on any atom is -0.334 e. The predicted octanol–water partition coefficient (Wildman–Crippen LogP) is 17.1. The Kier molecular flexibility index (Phi) is 9.45. The van der Waals surface area contributed by atoms with Gasteiger partial charge in [0.2, 0.25) is 0 Å². The molecule has 2 nitrogen and oxygen atoms in total. The van der Waals surface area contributed by atoms with Crippen LogP contribution in [0.5, 0.6) is 0 Å². The summed E-state index contributed by atoms with van der Waals surface area (Å²) in [4.78, 5) is 5.17. The van der Waals surface area contributed by atoms with Crippen molar-refractivity contribution in [2.75, 3.05) is 9.80 Å². The van der Waals surface area contributed by atoms with Gasteiger partial charge in [0.1, 0.15) is 0 Å². The summed E-state index contributed by atoms with van der Waals surface area (Å²) in [6, 6.07) is 84.3. The smallest absolute Gasteiger partial charge is 0.0566 e. The Morgan fingerprint density at radius 3 is 1.51 bits per heavy atom. The molecule has 0 saturated carbocycles. The van der Waals surface area contributed by atoms with Crippen LogP contribution < -0.4 is 20.2 Å². The number of hydrogen-bond acceptors (Lipinski definition) is 2. The van der Waals surface area contributed by atoms with E-state index in [0.29, 0.717) is 0 Å². The maximum atomic E-state index is 2.65. The van der Waals surface area contributed by atoms with Crippen molar-refractivity contribution in [3.05, 3.63) is 257 Å². The number of benzene rings is 11. The fraction of sp³-hybridized carbons (Fsp3) is 0.114. The second-order valence-corrected chi connectivity index (χ2v) is 21.1. The van der Waals surface area contributed by atoms with Crippen molar-refractivity contribution >= 4 is 72.9 Å². The lowest BCUT2D eigenvalue weighted by molar-refractivity contribution is 0.618. The first kappa shape index (κ1) is 42.4. The van der Waals surface area contributed by atoms with Crippen molar-refractivity contribution in [2.24, 2.45) is 0 Å². The van der Waals surface area contributed by atoms with Crippen LogP contribution >= 0.6 is 0 Å². The molecule has 2 aliphatic heterocycles. The van der Waals surface area contributed by atoms with Gasteiger partial charge in [0.05, 0.1) is 17.4 Å². The number of nitrogens with zero attached hydrogens (tertiary/aromatic N) is 2. The van der Waals surface area contributed by atoms with Crippen molar-refractivity contribution < 1.29 is 0 Å². The lowest BCUT2D eigenvalue weighted by Crippen LogP contribution is -2.43. The molecule has 0 fully saturated rings. The van der Waals surface area contributed by atoms with Crippen LogP contribution in [0.2, 0.25) is 0 Å². The van der Waals surface area contributed by atoms with E-state index in [0.717, 1.165) is 12.1 Å². The molecule has 3 aliphatic rings. The molecule has 0 aromatic heterocycles. The summed E-state index contributed by atoms with van der Waals surface area (Å²) >= 11 is 0. The van der Waals surface area contributed by atoms with Crippen LogP contribution in [0, 0.1) is 0 Å². The van der Waals surface area contributed by atoms with E-state index in [9.17, 15) is 0 Å². The molecule has 0 N–H and O–H groups in total. The Balaban J connectivity index is 1.14. The van der Waals surface area contributed by atoms with Crippen LogP contribution in [-0.4, -0.2) is 6.04 Å². The first-order chi connectivity index (χ1) is 35.3. The van der Waals surface area contributed by atoms with Crippen molar-refractivity contribution in [3.63, 3.8) is 0 Å². The van der Waals surface area contributed by atoms with Crippen molar-refractivity contribution in [1.82, 2.24) is 0 Å². The fourth-order valence-corrected chi connectivity index (χ4v) is 13.1. The normalized spacial score (nSPS) is 16.0. The first-order valence-electron chi connectivity index (χ1n) is 25.6. The highest BCUT2D eigenvalue weighted by molar-refractivity contribution is 6.14. The largest absolute Gasteiger partial charge is 0.334 e. The molecule has 14 rings (SSSR count). The van der Waals surface area contributed by atoms with Gasteiger partial charge in [-0.25, -0.2) is 0 Å². The molecular weight excluding hydrogens is 869 g/mol. The van der Waals surface area contributed by atoms with Crippen LogP contribution in [0.1, 0.15) is 56.4 Å². The molecule has 2 heterocycles. The van der Waals surface area contributed by atoms with Crippen molar-refractivity contribution in [1.29, 1.82) is 0 Å². The minimum absolute atomic E-state index is 0.0390. The van der Waals surface area contributed by atoms with Gasteiger partial charge in [0.15, 0.2) is 0 Å². The van der Waals surface area contributed by atoms with Gasteiger partial charge in [-0.05, 0) is 153 Å². The van der Waals surface area contributed by atoms with E-state index in [1.165, 1.54) is 121 Å². The third-order valence-corrected chi connectivity index (χ3v) is 16.5. The molecule has 0 saturated heterocycles. The van der Waals surface area contributed by atoms with Gasteiger partial charge in [-0.15, -0.1) is 0 Å². The molecule has 72 heavy (non-hydrogen) atoms. The van der Waals surface area contributed by atoms with E-state index >= 15 is 0 Å². The van der Waals surface area contributed by atoms with Gasteiger partial charge < -0.3 is 9.80 Å². The summed E-state index contributed by atoms with van der Waals surface area (Å²) in [6.45, 7) is 9.51. The number of anilines is 5. The second kappa shape index (κ2) is 16.0. The van der Waals surface area contributed by atoms with Crippen LogP contribution in [-0.2, 0) is 10.8 Å². The molecule has 1 atom stereocenters. The van der Waals surface area contributed by atoms with Crippen LogP contribution in [0.15, 0.2) is 224 Å². The van der Waals surface area contributed by atoms with Gasteiger partial charge in [-0.1, -0.05) is 216 Å². The Morgan fingerprint density at radius 1 is 0.375 bits per heavy atom. The number of fused-ring (bicyclic) bond motifs is 8. The summed E-state index contributed by atoms with van der Waals surface area (Å²) in [5.41, 5.74) is 18.7. The van der Waals surface area contributed by atoms with Gasteiger partial charge >= 0.3 is 0 Å². The molecule has 11 aromatic carbocycles. The monoisotopic (exact) mass is 922 g/mol. The van der Waals surface area contributed by atoms with Gasteiger partial charge in [-0.2, -0.15) is 0 Å². The third-order valence-electron chi connectivity index (χ3n) is 16.5.